The van der Waals surface area contributed by atoms with E-state index >= 15 is 0 Å². The number of rotatable bonds is 5. The van der Waals surface area contributed by atoms with Crippen molar-refractivity contribution < 1.29 is 19.2 Å². The molecular formula is C36H41N5O4. The number of nitrogens with zero attached hydrogens (tertiary/aromatic N) is 4. The molecule has 9 heteroatoms. The Morgan fingerprint density at radius 2 is 1.91 bits per heavy atom. The number of piperidine rings is 1. The van der Waals surface area contributed by atoms with Crippen molar-refractivity contribution in [1.29, 1.82) is 0 Å². The van der Waals surface area contributed by atoms with Crippen LogP contribution in [-0.2, 0) is 33.8 Å². The lowest BCUT2D eigenvalue weighted by molar-refractivity contribution is -0.139. The van der Waals surface area contributed by atoms with Crippen LogP contribution in [0.3, 0.4) is 0 Å². The van der Waals surface area contributed by atoms with Gasteiger partial charge in [0.05, 0.1) is 23.7 Å². The summed E-state index contributed by atoms with van der Waals surface area (Å²) in [6.45, 7) is 11.7. The van der Waals surface area contributed by atoms with Crippen LogP contribution in [0.4, 0.5) is 0 Å². The zero-order valence-corrected chi connectivity index (χ0v) is 26.6. The second-order valence-electron chi connectivity index (χ2n) is 13.2. The van der Waals surface area contributed by atoms with Crippen LogP contribution in [0.1, 0.15) is 84.5 Å². The summed E-state index contributed by atoms with van der Waals surface area (Å²) in [5.74, 6) is -0.454. The zero-order valence-electron chi connectivity index (χ0n) is 26.6. The monoisotopic (exact) mass is 607 g/mol. The van der Waals surface area contributed by atoms with Gasteiger partial charge in [-0.25, -0.2) is 0 Å². The maximum absolute atomic E-state index is 14.3. The molecule has 4 heterocycles. The second kappa shape index (κ2) is 11.8. The van der Waals surface area contributed by atoms with Crippen LogP contribution in [0, 0.1) is 19.3 Å². The van der Waals surface area contributed by atoms with E-state index in [1.807, 2.05) is 39.0 Å². The van der Waals surface area contributed by atoms with Gasteiger partial charge in [-0.05, 0) is 87.8 Å². The van der Waals surface area contributed by atoms with E-state index in [2.05, 4.69) is 35.1 Å². The third-order valence-corrected chi connectivity index (χ3v) is 9.71. The molecule has 2 amide bonds. The smallest absolute Gasteiger partial charge is 0.245 e. The third kappa shape index (κ3) is 5.88. The highest BCUT2D eigenvalue weighted by Gasteiger charge is 2.66. The molecular weight excluding hydrogens is 566 g/mol. The van der Waals surface area contributed by atoms with Gasteiger partial charge in [0.1, 0.15) is 12.2 Å². The number of ketones is 2. The number of aromatic nitrogens is 3. The summed E-state index contributed by atoms with van der Waals surface area (Å²) in [6.07, 6.45) is 7.98. The minimum absolute atomic E-state index is 0.00672. The third-order valence-electron chi connectivity index (χ3n) is 9.71. The average molecular weight is 608 g/mol. The Morgan fingerprint density at radius 3 is 2.67 bits per heavy atom. The Hall–Kier alpha value is -4.40. The highest BCUT2D eigenvalue weighted by Crippen LogP contribution is 2.59. The summed E-state index contributed by atoms with van der Waals surface area (Å²) in [5, 5.41) is 8.49. The molecule has 9 nitrogen and oxygen atoms in total. The topological polar surface area (TPSA) is 114 Å². The van der Waals surface area contributed by atoms with E-state index in [1.54, 1.807) is 9.58 Å². The van der Waals surface area contributed by atoms with Crippen LogP contribution in [-0.4, -0.2) is 61.7 Å². The van der Waals surface area contributed by atoms with Gasteiger partial charge in [0.2, 0.25) is 11.8 Å². The van der Waals surface area contributed by atoms with E-state index < -0.39 is 6.04 Å². The summed E-state index contributed by atoms with van der Waals surface area (Å²) >= 11 is 0. The molecule has 234 valence electrons. The van der Waals surface area contributed by atoms with Crippen LogP contribution in [0.5, 0.6) is 0 Å². The fourth-order valence-electron chi connectivity index (χ4n) is 7.12. The molecule has 6 rings (SSSR count). The Balaban J connectivity index is 1.41. The molecule has 2 fully saturated rings. The standard InChI is InChI=1S/C36H41N5O4/c1-21(2)26-14-25-10-8-6-7-9-11-32(44)37-20-36-17-29(30(43)16-28-22(3)12-13-23(4)38-28)41(31(36)18-36)33(45)19-40-35(25)27(15-26)34(39-40)24(5)42/h6,8,12-15,29,31H,1,7,9-11,16-20H2,2-5H3,(H,37,44)/b8-6+/t29-,31+,36-/m0/s1. The summed E-state index contributed by atoms with van der Waals surface area (Å²) in [5.41, 5.74) is 5.95. The molecule has 3 aromatic rings. The minimum Gasteiger partial charge on any atom is -0.355 e. The normalized spacial score (nSPS) is 24.1. The molecule has 1 saturated heterocycles. The highest BCUT2D eigenvalue weighted by atomic mass is 16.2. The predicted octanol–water partition coefficient (Wildman–Crippen LogP) is 4.85. The van der Waals surface area contributed by atoms with Gasteiger partial charge >= 0.3 is 0 Å². The van der Waals surface area contributed by atoms with Gasteiger partial charge < -0.3 is 10.2 Å². The number of carbonyl (C=O) groups excluding carboxylic acids is 4. The second-order valence-corrected chi connectivity index (χ2v) is 13.2. The van der Waals surface area contributed by atoms with Crippen LogP contribution >= 0.6 is 0 Å². The van der Waals surface area contributed by atoms with Gasteiger partial charge in [-0.1, -0.05) is 30.4 Å². The minimum atomic E-state index is -0.625. The molecule has 2 aromatic heterocycles. The Labute approximate surface area is 263 Å². The van der Waals surface area contributed by atoms with Crippen molar-refractivity contribution in [2.45, 2.75) is 91.3 Å². The van der Waals surface area contributed by atoms with Crippen LogP contribution in [0.25, 0.3) is 16.5 Å². The van der Waals surface area contributed by atoms with Gasteiger partial charge in [-0.2, -0.15) is 5.10 Å². The summed E-state index contributed by atoms with van der Waals surface area (Å²) in [7, 11) is 0. The van der Waals surface area contributed by atoms with Gasteiger partial charge in [0, 0.05) is 42.4 Å². The van der Waals surface area contributed by atoms with Crippen molar-refractivity contribution in [2.24, 2.45) is 5.41 Å². The lowest BCUT2D eigenvalue weighted by Gasteiger charge is -2.27. The maximum atomic E-state index is 14.3. The summed E-state index contributed by atoms with van der Waals surface area (Å²) in [6, 6.07) is 7.10. The fraction of sp³-hybridized carbons (Fsp3) is 0.444. The van der Waals surface area contributed by atoms with Crippen LogP contribution in [0.15, 0.2) is 43.0 Å². The summed E-state index contributed by atoms with van der Waals surface area (Å²) in [4.78, 5) is 60.2. The Bertz CT molecular complexity index is 1790. The summed E-state index contributed by atoms with van der Waals surface area (Å²) < 4.78 is 1.65. The number of amides is 2. The zero-order chi connectivity index (χ0) is 32.0. The Morgan fingerprint density at radius 1 is 1.11 bits per heavy atom. The number of hydrogen-bond acceptors (Lipinski definition) is 6. The largest absolute Gasteiger partial charge is 0.355 e. The van der Waals surface area contributed by atoms with Crippen molar-refractivity contribution >= 4 is 39.9 Å². The van der Waals surface area contributed by atoms with E-state index in [-0.39, 0.29) is 47.8 Å². The number of Topliss-reactive ketones (excluding diaryl/α,β-unsaturated/α-hetero) is 2. The van der Waals surface area contributed by atoms with Gasteiger partial charge in [0.25, 0.3) is 0 Å². The van der Waals surface area contributed by atoms with Crippen LogP contribution < -0.4 is 5.32 Å². The van der Waals surface area contributed by atoms with Gasteiger partial charge in [-0.3, -0.25) is 28.8 Å². The molecule has 0 spiro atoms. The quantitative estimate of drug-likeness (QED) is 0.328. The lowest BCUT2D eigenvalue weighted by atomic mass is 9.94. The Kier molecular flexibility index (Phi) is 8.05. The molecule has 45 heavy (non-hydrogen) atoms. The van der Waals surface area contributed by atoms with E-state index in [0.29, 0.717) is 36.9 Å². The SMILES string of the molecule is C=C(C)c1cc2c3c(c1)c(C(C)=O)nn3CC(=O)N1[C@H](C(=O)Cc3nc(C)ccc3C)C[C@@]3(CNC(=O)CCC/C=C/C2)C[C@@H]13. The van der Waals surface area contributed by atoms with Crippen molar-refractivity contribution in [3.8, 4) is 0 Å². The molecule has 1 aromatic carbocycles. The van der Waals surface area contributed by atoms with E-state index in [0.717, 1.165) is 58.4 Å². The molecule has 1 saturated carbocycles. The molecule has 1 N–H and O–H groups in total. The molecule has 3 aliphatic rings. The number of nitrogens with one attached hydrogen (secondary N) is 1. The first-order valence-corrected chi connectivity index (χ1v) is 15.9. The number of hydrogen-bond donors (Lipinski definition) is 1. The number of pyridine rings is 1. The van der Waals surface area contributed by atoms with Crippen LogP contribution in [0.2, 0.25) is 0 Å². The van der Waals surface area contributed by atoms with Gasteiger partial charge in [-0.15, -0.1) is 0 Å². The molecule has 1 aliphatic carbocycles. The molecule has 2 aliphatic heterocycles. The van der Waals surface area contributed by atoms with Crippen molar-refractivity contribution in [3.63, 3.8) is 0 Å². The van der Waals surface area contributed by atoms with E-state index in [9.17, 15) is 19.2 Å². The fourth-order valence-corrected chi connectivity index (χ4v) is 7.12. The number of aryl methyl sites for hydroxylation is 2. The highest BCUT2D eigenvalue weighted by molar-refractivity contribution is 6.06. The molecule has 0 radical (unpaired) electrons. The molecule has 3 atom stereocenters. The van der Waals surface area contributed by atoms with E-state index in [4.69, 9.17) is 5.10 Å². The van der Waals surface area contributed by atoms with Crippen molar-refractivity contribution in [1.82, 2.24) is 25.0 Å². The first-order chi connectivity index (χ1) is 21.5. The lowest BCUT2D eigenvalue weighted by Crippen LogP contribution is -2.45. The van der Waals surface area contributed by atoms with E-state index in [1.165, 1.54) is 6.92 Å². The molecule has 0 unspecified atom stereocenters. The number of benzene rings is 1. The molecule has 2 bridgehead atoms. The average Bonchev–Trinajstić information content (AvgIpc) is 3.40. The number of carbonyl (C=O) groups is 4. The first kappa shape index (κ1) is 30.6. The van der Waals surface area contributed by atoms with Crippen molar-refractivity contribution in [3.05, 3.63) is 76.8 Å². The number of allylic oxidation sites excluding steroid dienone is 3. The maximum Gasteiger partial charge on any atom is 0.245 e. The van der Waals surface area contributed by atoms with Crippen molar-refractivity contribution in [2.75, 3.05) is 6.54 Å². The predicted molar refractivity (Wildman–Crippen MR) is 173 cm³/mol. The van der Waals surface area contributed by atoms with Gasteiger partial charge in [0.15, 0.2) is 11.6 Å². The first-order valence-electron chi connectivity index (χ1n) is 15.9.